The molecule has 3 rings (SSSR count). The standard InChI is InChI=1S/C18H13N3O3S/c22-17(14-7-4-8-15(11-14)21(23)24)12-25-18-10-9-16(19-20-18)13-5-2-1-3-6-13/h1-11H,12H2. The molecule has 0 fully saturated rings. The second-order valence-electron chi connectivity index (χ2n) is 5.14. The Balaban J connectivity index is 1.64. The van der Waals surface area contributed by atoms with Crippen LogP contribution in [0.5, 0.6) is 0 Å². The number of thioether (sulfide) groups is 1. The minimum absolute atomic E-state index is 0.0946. The topological polar surface area (TPSA) is 86.0 Å². The van der Waals surface area contributed by atoms with Crippen LogP contribution in [-0.4, -0.2) is 26.7 Å². The highest BCUT2D eigenvalue weighted by Gasteiger charge is 2.12. The Bertz CT molecular complexity index is 899. The molecule has 25 heavy (non-hydrogen) atoms. The van der Waals surface area contributed by atoms with Crippen molar-refractivity contribution in [3.63, 3.8) is 0 Å². The van der Waals surface area contributed by atoms with E-state index in [0.717, 1.165) is 11.3 Å². The van der Waals surface area contributed by atoms with Crippen molar-refractivity contribution in [1.29, 1.82) is 0 Å². The molecule has 0 radical (unpaired) electrons. The van der Waals surface area contributed by atoms with Gasteiger partial charge >= 0.3 is 0 Å². The van der Waals surface area contributed by atoms with Crippen LogP contribution in [0.25, 0.3) is 11.3 Å². The molecule has 1 aromatic heterocycles. The van der Waals surface area contributed by atoms with Crippen LogP contribution in [0.1, 0.15) is 10.4 Å². The van der Waals surface area contributed by atoms with Gasteiger partial charge in [-0.05, 0) is 12.1 Å². The Kier molecular flexibility index (Phi) is 5.15. The number of ketones is 1. The molecule has 0 saturated carbocycles. The van der Waals surface area contributed by atoms with E-state index in [9.17, 15) is 14.9 Å². The lowest BCUT2D eigenvalue weighted by Gasteiger charge is -2.03. The van der Waals surface area contributed by atoms with Gasteiger partial charge in [-0.2, -0.15) is 0 Å². The van der Waals surface area contributed by atoms with Gasteiger partial charge < -0.3 is 0 Å². The number of rotatable bonds is 6. The molecule has 0 bridgehead atoms. The maximum absolute atomic E-state index is 12.2. The first-order chi connectivity index (χ1) is 12.1. The number of Topliss-reactive ketones (excluding diaryl/α,β-unsaturated/α-hetero) is 1. The zero-order chi connectivity index (χ0) is 17.6. The van der Waals surface area contributed by atoms with E-state index in [1.54, 1.807) is 12.1 Å². The van der Waals surface area contributed by atoms with Crippen molar-refractivity contribution in [2.75, 3.05) is 5.75 Å². The summed E-state index contributed by atoms with van der Waals surface area (Å²) in [5.41, 5.74) is 1.95. The number of carbonyl (C=O) groups excluding carboxylic acids is 1. The summed E-state index contributed by atoms with van der Waals surface area (Å²) in [6, 6.07) is 19.1. The SMILES string of the molecule is O=C(CSc1ccc(-c2ccccc2)nn1)c1cccc([N+](=O)[O-])c1. The van der Waals surface area contributed by atoms with Crippen molar-refractivity contribution >= 4 is 23.2 Å². The molecule has 124 valence electrons. The summed E-state index contributed by atoms with van der Waals surface area (Å²) in [7, 11) is 0. The fourth-order valence-corrected chi connectivity index (χ4v) is 2.88. The van der Waals surface area contributed by atoms with Crippen LogP contribution >= 0.6 is 11.8 Å². The molecule has 0 aliphatic carbocycles. The Labute approximate surface area is 148 Å². The zero-order valence-electron chi connectivity index (χ0n) is 13.0. The number of nitrogens with zero attached hydrogens (tertiary/aromatic N) is 3. The van der Waals surface area contributed by atoms with Crippen LogP contribution in [0.2, 0.25) is 0 Å². The Morgan fingerprint density at radius 1 is 1.00 bits per heavy atom. The van der Waals surface area contributed by atoms with Crippen LogP contribution in [0.15, 0.2) is 71.8 Å². The monoisotopic (exact) mass is 351 g/mol. The molecule has 7 heteroatoms. The van der Waals surface area contributed by atoms with E-state index in [2.05, 4.69) is 10.2 Å². The molecule has 0 N–H and O–H groups in total. The van der Waals surface area contributed by atoms with Gasteiger partial charge in [0, 0.05) is 23.3 Å². The van der Waals surface area contributed by atoms with E-state index in [1.165, 1.54) is 30.0 Å². The number of hydrogen-bond donors (Lipinski definition) is 0. The second-order valence-corrected chi connectivity index (χ2v) is 6.14. The van der Waals surface area contributed by atoms with Crippen LogP contribution < -0.4 is 0 Å². The van der Waals surface area contributed by atoms with Crippen molar-refractivity contribution in [3.05, 3.63) is 82.4 Å². The van der Waals surface area contributed by atoms with Gasteiger partial charge in [-0.1, -0.05) is 54.2 Å². The predicted octanol–water partition coefficient (Wildman–Crippen LogP) is 4.03. The number of hydrogen-bond acceptors (Lipinski definition) is 6. The maximum Gasteiger partial charge on any atom is 0.270 e. The summed E-state index contributed by atoms with van der Waals surface area (Å²) in [4.78, 5) is 22.4. The summed E-state index contributed by atoms with van der Waals surface area (Å²) in [5, 5.41) is 19.7. The number of nitro benzene ring substituents is 1. The summed E-state index contributed by atoms with van der Waals surface area (Å²) in [6.45, 7) is 0. The number of aromatic nitrogens is 2. The van der Waals surface area contributed by atoms with Gasteiger partial charge in [-0.3, -0.25) is 14.9 Å². The molecule has 0 atom stereocenters. The van der Waals surface area contributed by atoms with Gasteiger partial charge in [-0.15, -0.1) is 10.2 Å². The number of carbonyl (C=O) groups is 1. The zero-order valence-corrected chi connectivity index (χ0v) is 13.8. The Hall–Kier alpha value is -3.06. The smallest absolute Gasteiger partial charge is 0.270 e. The molecule has 3 aromatic rings. The van der Waals surface area contributed by atoms with Gasteiger partial charge in [0.2, 0.25) is 0 Å². The van der Waals surface area contributed by atoms with E-state index >= 15 is 0 Å². The summed E-state index contributed by atoms with van der Waals surface area (Å²) < 4.78 is 0. The van der Waals surface area contributed by atoms with Crippen molar-refractivity contribution in [1.82, 2.24) is 10.2 Å². The average Bonchev–Trinajstić information content (AvgIpc) is 2.67. The van der Waals surface area contributed by atoms with Gasteiger partial charge in [0.05, 0.1) is 16.4 Å². The normalized spacial score (nSPS) is 10.4. The lowest BCUT2D eigenvalue weighted by Crippen LogP contribution is -2.03. The quantitative estimate of drug-likeness (QED) is 0.288. The van der Waals surface area contributed by atoms with Crippen molar-refractivity contribution in [2.24, 2.45) is 0 Å². The third-order valence-corrected chi connectivity index (χ3v) is 4.36. The third kappa shape index (κ3) is 4.27. The van der Waals surface area contributed by atoms with Crippen molar-refractivity contribution in [3.8, 4) is 11.3 Å². The summed E-state index contributed by atoms with van der Waals surface area (Å²) >= 11 is 1.25. The van der Waals surface area contributed by atoms with E-state index in [1.807, 2.05) is 36.4 Å². The maximum atomic E-state index is 12.2. The minimum atomic E-state index is -0.516. The van der Waals surface area contributed by atoms with Gasteiger partial charge in [-0.25, -0.2) is 0 Å². The molecule has 0 unspecified atom stereocenters. The first-order valence-electron chi connectivity index (χ1n) is 7.43. The van der Waals surface area contributed by atoms with Crippen LogP contribution in [0.4, 0.5) is 5.69 Å². The molecule has 0 saturated heterocycles. The van der Waals surface area contributed by atoms with E-state index in [0.29, 0.717) is 10.6 Å². The Morgan fingerprint density at radius 2 is 1.80 bits per heavy atom. The molecular formula is C18H13N3O3S. The molecule has 0 aliphatic rings. The molecule has 0 spiro atoms. The highest BCUT2D eigenvalue weighted by atomic mass is 32.2. The molecule has 1 heterocycles. The highest BCUT2D eigenvalue weighted by Crippen LogP contribution is 2.21. The van der Waals surface area contributed by atoms with Gasteiger partial charge in [0.25, 0.3) is 5.69 Å². The van der Waals surface area contributed by atoms with Crippen LogP contribution in [0, 0.1) is 10.1 Å². The molecule has 0 amide bonds. The fourth-order valence-electron chi connectivity index (χ4n) is 2.18. The molecule has 6 nitrogen and oxygen atoms in total. The lowest BCUT2D eigenvalue weighted by atomic mass is 10.1. The first-order valence-corrected chi connectivity index (χ1v) is 8.41. The van der Waals surface area contributed by atoms with Crippen LogP contribution in [-0.2, 0) is 0 Å². The van der Waals surface area contributed by atoms with E-state index < -0.39 is 4.92 Å². The Morgan fingerprint density at radius 3 is 2.48 bits per heavy atom. The van der Waals surface area contributed by atoms with E-state index in [4.69, 9.17) is 0 Å². The summed E-state index contributed by atoms with van der Waals surface area (Å²) in [5.74, 6) is -0.0526. The largest absolute Gasteiger partial charge is 0.293 e. The highest BCUT2D eigenvalue weighted by molar-refractivity contribution is 7.99. The second kappa shape index (κ2) is 7.67. The molecule has 0 aliphatic heterocycles. The minimum Gasteiger partial charge on any atom is -0.293 e. The molecule has 2 aromatic carbocycles. The molecular weight excluding hydrogens is 338 g/mol. The van der Waals surface area contributed by atoms with Crippen LogP contribution in [0.3, 0.4) is 0 Å². The average molecular weight is 351 g/mol. The van der Waals surface area contributed by atoms with Crippen molar-refractivity contribution < 1.29 is 9.72 Å². The van der Waals surface area contributed by atoms with E-state index in [-0.39, 0.29) is 17.2 Å². The van der Waals surface area contributed by atoms with Gasteiger partial charge in [0.1, 0.15) is 5.03 Å². The summed E-state index contributed by atoms with van der Waals surface area (Å²) in [6.07, 6.45) is 0. The number of non-ortho nitro benzene ring substituents is 1. The third-order valence-electron chi connectivity index (χ3n) is 3.44. The number of benzene rings is 2. The lowest BCUT2D eigenvalue weighted by molar-refractivity contribution is -0.384. The van der Waals surface area contributed by atoms with Gasteiger partial charge in [0.15, 0.2) is 5.78 Å². The number of nitro groups is 1. The van der Waals surface area contributed by atoms with Crippen molar-refractivity contribution in [2.45, 2.75) is 5.03 Å². The fraction of sp³-hybridized carbons (Fsp3) is 0.0556. The predicted molar refractivity (Wildman–Crippen MR) is 95.6 cm³/mol. The first kappa shape index (κ1) is 16.8.